The Bertz CT molecular complexity index is 799. The van der Waals surface area contributed by atoms with E-state index in [4.69, 9.17) is 9.47 Å². The molecule has 0 radical (unpaired) electrons. The minimum atomic E-state index is 0.600. The maximum absolute atomic E-state index is 5.57. The molecule has 0 unspecified atom stereocenters. The fraction of sp³-hybridized carbons (Fsp3) is 0.435. The fourth-order valence-corrected chi connectivity index (χ4v) is 3.48. The molecule has 2 N–H and O–H groups in total. The van der Waals surface area contributed by atoms with Crippen LogP contribution in [0.15, 0.2) is 47.5 Å². The van der Waals surface area contributed by atoms with Crippen molar-refractivity contribution in [1.29, 1.82) is 0 Å². The summed E-state index contributed by atoms with van der Waals surface area (Å²) in [5.41, 5.74) is 3.49. The van der Waals surface area contributed by atoms with E-state index in [0.717, 1.165) is 18.0 Å². The highest BCUT2D eigenvalue weighted by molar-refractivity contribution is 5.93. The third kappa shape index (κ3) is 6.12. The Labute approximate surface area is 173 Å². The quantitative estimate of drug-likeness (QED) is 0.524. The van der Waals surface area contributed by atoms with Crippen LogP contribution in [-0.2, 0) is 13.1 Å². The van der Waals surface area contributed by atoms with E-state index in [9.17, 15) is 0 Å². The van der Waals surface area contributed by atoms with Crippen molar-refractivity contribution in [3.05, 3.63) is 53.6 Å². The maximum Gasteiger partial charge on any atom is 0.195 e. The lowest BCUT2D eigenvalue weighted by atomic mass is 10.1. The van der Waals surface area contributed by atoms with Gasteiger partial charge in [0, 0.05) is 31.9 Å². The fourth-order valence-electron chi connectivity index (χ4n) is 3.48. The summed E-state index contributed by atoms with van der Waals surface area (Å²) in [5, 5.41) is 6.66. The average molecular weight is 397 g/mol. The number of hydrogen-bond donors (Lipinski definition) is 2. The molecule has 156 valence electrons. The molecule has 0 spiro atoms. The first-order valence-electron chi connectivity index (χ1n) is 10.3. The van der Waals surface area contributed by atoms with Crippen LogP contribution in [0.25, 0.3) is 0 Å². The van der Waals surface area contributed by atoms with Gasteiger partial charge in [-0.1, -0.05) is 24.3 Å². The van der Waals surface area contributed by atoms with Crippen LogP contribution in [0.5, 0.6) is 11.5 Å². The van der Waals surface area contributed by atoms with Gasteiger partial charge in [-0.2, -0.15) is 0 Å². The highest BCUT2D eigenvalue weighted by Crippen LogP contribution is 2.30. The van der Waals surface area contributed by atoms with Crippen molar-refractivity contribution < 1.29 is 9.47 Å². The van der Waals surface area contributed by atoms with Gasteiger partial charge in [-0.25, -0.2) is 0 Å². The van der Waals surface area contributed by atoms with E-state index in [1.165, 1.54) is 37.1 Å². The molecule has 1 aliphatic heterocycles. The highest BCUT2D eigenvalue weighted by Gasteiger charge is 2.11. The summed E-state index contributed by atoms with van der Waals surface area (Å²) >= 11 is 0. The molecule has 0 saturated carbocycles. The Balaban J connectivity index is 1.53. The van der Waals surface area contributed by atoms with Gasteiger partial charge in [0.2, 0.25) is 0 Å². The lowest BCUT2D eigenvalue weighted by molar-refractivity contribution is 0.311. The van der Waals surface area contributed by atoms with E-state index >= 15 is 0 Å². The molecular weight excluding hydrogens is 364 g/mol. The zero-order valence-electron chi connectivity index (χ0n) is 17.7. The molecule has 6 nitrogen and oxygen atoms in total. The molecule has 1 heterocycles. The van der Waals surface area contributed by atoms with E-state index in [1.807, 2.05) is 25.1 Å². The molecule has 2 aromatic carbocycles. The Kier molecular flexibility index (Phi) is 7.76. The third-order valence-corrected chi connectivity index (χ3v) is 5.04. The highest BCUT2D eigenvalue weighted by atomic mass is 16.5. The van der Waals surface area contributed by atoms with Crippen LogP contribution in [0.3, 0.4) is 0 Å². The number of ether oxygens (including phenoxy) is 2. The van der Waals surface area contributed by atoms with Crippen molar-refractivity contribution in [2.75, 3.05) is 39.2 Å². The van der Waals surface area contributed by atoms with Gasteiger partial charge in [0.1, 0.15) is 0 Å². The van der Waals surface area contributed by atoms with Crippen molar-refractivity contribution in [3.63, 3.8) is 0 Å². The summed E-state index contributed by atoms with van der Waals surface area (Å²) in [6, 6.07) is 14.6. The van der Waals surface area contributed by atoms with E-state index in [1.54, 1.807) is 14.2 Å². The van der Waals surface area contributed by atoms with Crippen LogP contribution < -0.4 is 20.1 Å². The lowest BCUT2D eigenvalue weighted by Crippen LogP contribution is -2.30. The number of likely N-dealkylation sites (tertiary alicyclic amines) is 1. The second-order valence-electron chi connectivity index (χ2n) is 7.15. The summed E-state index contributed by atoms with van der Waals surface area (Å²) in [5.74, 6) is 2.13. The summed E-state index contributed by atoms with van der Waals surface area (Å²) in [6.45, 7) is 6.76. The minimum Gasteiger partial charge on any atom is -0.493 e. The van der Waals surface area contributed by atoms with Crippen molar-refractivity contribution in [3.8, 4) is 11.5 Å². The van der Waals surface area contributed by atoms with Crippen LogP contribution in [-0.4, -0.2) is 44.7 Å². The SMILES string of the molecule is CCOc1ccc(NC(=NC)NCc2ccc(CN3CCCC3)cc2)cc1OC. The molecular formula is C23H32N4O2. The Morgan fingerprint density at radius 2 is 1.76 bits per heavy atom. The van der Waals surface area contributed by atoms with Crippen molar-refractivity contribution in [2.45, 2.75) is 32.9 Å². The van der Waals surface area contributed by atoms with Gasteiger partial charge in [0.25, 0.3) is 0 Å². The topological polar surface area (TPSA) is 58.1 Å². The molecule has 1 fully saturated rings. The third-order valence-electron chi connectivity index (χ3n) is 5.04. The predicted molar refractivity (Wildman–Crippen MR) is 119 cm³/mol. The minimum absolute atomic E-state index is 0.600. The lowest BCUT2D eigenvalue weighted by Gasteiger charge is -2.16. The molecule has 0 atom stereocenters. The number of nitrogens with one attached hydrogen (secondary N) is 2. The molecule has 0 aliphatic carbocycles. The summed E-state index contributed by atoms with van der Waals surface area (Å²) < 4.78 is 11.0. The number of anilines is 1. The second kappa shape index (κ2) is 10.7. The first-order chi connectivity index (χ1) is 14.2. The predicted octanol–water partition coefficient (Wildman–Crippen LogP) is 3.88. The second-order valence-corrected chi connectivity index (χ2v) is 7.15. The first-order valence-corrected chi connectivity index (χ1v) is 10.3. The van der Waals surface area contributed by atoms with Gasteiger partial charge >= 0.3 is 0 Å². The van der Waals surface area contributed by atoms with E-state index in [2.05, 4.69) is 44.8 Å². The molecule has 0 amide bonds. The molecule has 2 aromatic rings. The van der Waals surface area contributed by atoms with Gasteiger partial charge in [-0.05, 0) is 56.1 Å². The van der Waals surface area contributed by atoms with Gasteiger partial charge in [-0.15, -0.1) is 0 Å². The molecule has 1 aliphatic rings. The van der Waals surface area contributed by atoms with Crippen molar-refractivity contribution >= 4 is 11.6 Å². The number of nitrogens with zero attached hydrogens (tertiary/aromatic N) is 2. The Hall–Kier alpha value is -2.73. The van der Waals surface area contributed by atoms with Crippen LogP contribution in [0, 0.1) is 0 Å². The number of hydrogen-bond acceptors (Lipinski definition) is 4. The van der Waals surface area contributed by atoms with Gasteiger partial charge in [-0.3, -0.25) is 9.89 Å². The van der Waals surface area contributed by atoms with Crippen LogP contribution >= 0.6 is 0 Å². The van der Waals surface area contributed by atoms with Gasteiger partial charge in [0.15, 0.2) is 17.5 Å². The van der Waals surface area contributed by atoms with Gasteiger partial charge in [0.05, 0.1) is 13.7 Å². The first kappa shape index (κ1) is 21.0. The van der Waals surface area contributed by atoms with E-state index in [-0.39, 0.29) is 0 Å². The van der Waals surface area contributed by atoms with Crippen LogP contribution in [0.2, 0.25) is 0 Å². The number of benzene rings is 2. The normalized spacial score (nSPS) is 14.7. The smallest absolute Gasteiger partial charge is 0.195 e. The Morgan fingerprint density at radius 3 is 2.41 bits per heavy atom. The van der Waals surface area contributed by atoms with Crippen LogP contribution in [0.1, 0.15) is 30.9 Å². The van der Waals surface area contributed by atoms with Gasteiger partial charge < -0.3 is 20.1 Å². The molecule has 3 rings (SSSR count). The summed E-state index contributed by atoms with van der Waals surface area (Å²) in [4.78, 5) is 6.83. The molecule has 1 saturated heterocycles. The molecule has 29 heavy (non-hydrogen) atoms. The summed E-state index contributed by atoms with van der Waals surface area (Å²) in [7, 11) is 3.41. The maximum atomic E-state index is 5.57. The monoisotopic (exact) mass is 396 g/mol. The number of methoxy groups -OCH3 is 1. The van der Waals surface area contributed by atoms with Crippen molar-refractivity contribution in [2.24, 2.45) is 4.99 Å². The summed E-state index contributed by atoms with van der Waals surface area (Å²) in [6.07, 6.45) is 2.66. The Morgan fingerprint density at radius 1 is 1.03 bits per heavy atom. The average Bonchev–Trinajstić information content (AvgIpc) is 3.26. The zero-order chi connectivity index (χ0) is 20.5. The van der Waals surface area contributed by atoms with Crippen LogP contribution in [0.4, 0.5) is 5.69 Å². The molecule has 0 bridgehead atoms. The largest absolute Gasteiger partial charge is 0.493 e. The van der Waals surface area contributed by atoms with Crippen molar-refractivity contribution in [1.82, 2.24) is 10.2 Å². The molecule has 0 aromatic heterocycles. The van der Waals surface area contributed by atoms with E-state index in [0.29, 0.717) is 24.9 Å². The number of guanidine groups is 1. The molecule has 6 heteroatoms. The van der Waals surface area contributed by atoms with E-state index < -0.39 is 0 Å². The standard InChI is InChI=1S/C23H32N4O2/c1-4-29-21-12-11-20(15-22(21)28-3)26-23(24-2)25-16-18-7-9-19(10-8-18)17-27-13-5-6-14-27/h7-12,15H,4-6,13-14,16-17H2,1-3H3,(H2,24,25,26). The number of rotatable bonds is 8. The zero-order valence-corrected chi connectivity index (χ0v) is 17.7. The number of aliphatic imine (C=N–C) groups is 1.